The molecule has 26 heavy (non-hydrogen) atoms. The number of likely N-dealkylation sites (tertiary alicyclic amines) is 1. The highest BCUT2D eigenvalue weighted by molar-refractivity contribution is 5.80. The van der Waals surface area contributed by atoms with Crippen LogP contribution in [0.25, 0.3) is 0 Å². The Bertz CT molecular complexity index is 645. The zero-order valence-electron chi connectivity index (χ0n) is 16.4. The van der Waals surface area contributed by atoms with Crippen molar-refractivity contribution in [1.29, 1.82) is 0 Å². The minimum atomic E-state index is -0.0581. The van der Waals surface area contributed by atoms with Crippen molar-refractivity contribution in [2.75, 3.05) is 53.6 Å². The van der Waals surface area contributed by atoms with Crippen LogP contribution in [-0.4, -0.2) is 64.5 Å². The van der Waals surface area contributed by atoms with Crippen LogP contribution in [0.3, 0.4) is 0 Å². The van der Waals surface area contributed by atoms with Crippen LogP contribution in [0.4, 0.5) is 0 Å². The van der Waals surface area contributed by atoms with Crippen LogP contribution in [0.5, 0.6) is 11.5 Å². The van der Waals surface area contributed by atoms with Gasteiger partial charge in [0.2, 0.25) is 0 Å². The fourth-order valence-electron chi connectivity index (χ4n) is 3.60. The molecule has 1 aromatic rings. The molecule has 0 bridgehead atoms. The molecule has 1 atom stereocenters. The molecule has 6 heteroatoms. The van der Waals surface area contributed by atoms with Gasteiger partial charge in [-0.05, 0) is 24.1 Å². The molecule has 3 rings (SSSR count). The second kappa shape index (κ2) is 8.16. The number of rotatable bonds is 5. The Hall–Kier alpha value is -1.95. The van der Waals surface area contributed by atoms with Crippen molar-refractivity contribution in [1.82, 2.24) is 10.2 Å². The maximum Gasteiger partial charge on any atom is 0.193 e. The quantitative estimate of drug-likeness (QED) is 0.644. The van der Waals surface area contributed by atoms with E-state index in [1.807, 2.05) is 13.1 Å². The van der Waals surface area contributed by atoms with E-state index in [2.05, 4.69) is 41.2 Å². The van der Waals surface area contributed by atoms with Crippen molar-refractivity contribution in [3.63, 3.8) is 0 Å². The second-order valence-electron chi connectivity index (χ2n) is 7.70. The van der Waals surface area contributed by atoms with E-state index < -0.39 is 0 Å². The van der Waals surface area contributed by atoms with Crippen LogP contribution in [-0.2, 0) is 10.2 Å². The molecule has 1 saturated heterocycles. The van der Waals surface area contributed by atoms with Gasteiger partial charge in [-0.2, -0.15) is 0 Å². The summed E-state index contributed by atoms with van der Waals surface area (Å²) in [5, 5.41) is 3.56. The molecule has 1 unspecified atom stereocenters. The SMILES string of the molecule is CN=C(NCC(C)(C)c1ccc2c(c1)OCCO2)N1CCC(COC)C1. The highest BCUT2D eigenvalue weighted by Gasteiger charge is 2.27. The van der Waals surface area contributed by atoms with Gasteiger partial charge in [0.05, 0.1) is 6.61 Å². The number of fused-ring (bicyclic) bond motifs is 1. The van der Waals surface area contributed by atoms with Gasteiger partial charge in [0.15, 0.2) is 17.5 Å². The van der Waals surface area contributed by atoms with Gasteiger partial charge in [-0.25, -0.2) is 0 Å². The average Bonchev–Trinajstić information content (AvgIpc) is 3.10. The van der Waals surface area contributed by atoms with Crippen molar-refractivity contribution < 1.29 is 14.2 Å². The number of hydrogen-bond donors (Lipinski definition) is 1. The van der Waals surface area contributed by atoms with Gasteiger partial charge < -0.3 is 24.4 Å². The molecule has 0 spiro atoms. The van der Waals surface area contributed by atoms with Crippen molar-refractivity contribution in [2.45, 2.75) is 25.7 Å². The summed E-state index contributed by atoms with van der Waals surface area (Å²) in [6.07, 6.45) is 1.15. The van der Waals surface area contributed by atoms with Gasteiger partial charge in [-0.3, -0.25) is 4.99 Å². The maximum atomic E-state index is 5.73. The molecule has 0 saturated carbocycles. The van der Waals surface area contributed by atoms with Crippen LogP contribution in [0.15, 0.2) is 23.2 Å². The first kappa shape index (κ1) is 18.8. The standard InChI is InChI=1S/C20H31N3O3/c1-20(2,16-5-6-17-18(11-16)26-10-9-25-17)14-22-19(21-3)23-8-7-15(12-23)13-24-4/h5-6,11,15H,7-10,12-14H2,1-4H3,(H,21,22). The second-order valence-corrected chi connectivity index (χ2v) is 7.70. The van der Waals surface area contributed by atoms with E-state index in [-0.39, 0.29) is 5.41 Å². The predicted octanol–water partition coefficient (Wildman–Crippen LogP) is 2.28. The molecule has 1 N–H and O–H groups in total. The lowest BCUT2D eigenvalue weighted by Crippen LogP contribution is -2.45. The van der Waals surface area contributed by atoms with Crippen molar-refractivity contribution in [3.05, 3.63) is 23.8 Å². The van der Waals surface area contributed by atoms with Gasteiger partial charge in [0.25, 0.3) is 0 Å². The summed E-state index contributed by atoms with van der Waals surface area (Å²) >= 11 is 0. The minimum absolute atomic E-state index is 0.0581. The Labute approximate surface area is 156 Å². The average molecular weight is 361 g/mol. The number of ether oxygens (including phenoxy) is 3. The third kappa shape index (κ3) is 4.23. The third-order valence-electron chi connectivity index (χ3n) is 5.21. The van der Waals surface area contributed by atoms with E-state index in [9.17, 15) is 0 Å². The van der Waals surface area contributed by atoms with Gasteiger partial charge in [0.1, 0.15) is 13.2 Å². The molecule has 144 valence electrons. The highest BCUT2D eigenvalue weighted by Crippen LogP contribution is 2.35. The van der Waals surface area contributed by atoms with Gasteiger partial charge in [0, 0.05) is 45.1 Å². The molecule has 0 aliphatic carbocycles. The summed E-state index contributed by atoms with van der Waals surface area (Å²) < 4.78 is 16.7. The summed E-state index contributed by atoms with van der Waals surface area (Å²) in [6, 6.07) is 6.24. The van der Waals surface area contributed by atoms with Gasteiger partial charge in [-0.1, -0.05) is 19.9 Å². The summed E-state index contributed by atoms with van der Waals surface area (Å²) in [5.41, 5.74) is 1.17. The number of aliphatic imine (C=N–C) groups is 1. The molecule has 2 aliphatic heterocycles. The normalized spacial score (nSPS) is 20.4. The number of nitrogens with one attached hydrogen (secondary N) is 1. The molecule has 2 heterocycles. The van der Waals surface area contributed by atoms with Crippen molar-refractivity contribution >= 4 is 5.96 Å². The fourth-order valence-corrected chi connectivity index (χ4v) is 3.60. The van der Waals surface area contributed by atoms with E-state index in [4.69, 9.17) is 14.2 Å². The molecule has 0 aromatic heterocycles. The Morgan fingerprint density at radius 2 is 2.08 bits per heavy atom. The molecular formula is C20H31N3O3. The molecule has 2 aliphatic rings. The van der Waals surface area contributed by atoms with E-state index in [1.54, 1.807) is 7.11 Å². The lowest BCUT2D eigenvalue weighted by Gasteiger charge is -2.30. The smallest absolute Gasteiger partial charge is 0.193 e. The van der Waals surface area contributed by atoms with E-state index in [0.29, 0.717) is 19.1 Å². The predicted molar refractivity (Wildman–Crippen MR) is 103 cm³/mol. The molecule has 1 fully saturated rings. The van der Waals surface area contributed by atoms with Crippen LogP contribution >= 0.6 is 0 Å². The van der Waals surface area contributed by atoms with Crippen LogP contribution in [0.2, 0.25) is 0 Å². The number of nitrogens with zero attached hydrogens (tertiary/aromatic N) is 2. The molecule has 0 radical (unpaired) electrons. The van der Waals surface area contributed by atoms with Crippen molar-refractivity contribution in [2.24, 2.45) is 10.9 Å². The van der Waals surface area contributed by atoms with Crippen molar-refractivity contribution in [3.8, 4) is 11.5 Å². The highest BCUT2D eigenvalue weighted by atomic mass is 16.6. The summed E-state index contributed by atoms with van der Waals surface area (Å²) in [4.78, 5) is 6.80. The number of hydrogen-bond acceptors (Lipinski definition) is 4. The van der Waals surface area contributed by atoms with Crippen LogP contribution < -0.4 is 14.8 Å². The third-order valence-corrected chi connectivity index (χ3v) is 5.21. The Kier molecular flexibility index (Phi) is 5.91. The molecular weight excluding hydrogens is 330 g/mol. The zero-order chi connectivity index (χ0) is 18.6. The minimum Gasteiger partial charge on any atom is -0.486 e. The monoisotopic (exact) mass is 361 g/mol. The van der Waals surface area contributed by atoms with Crippen LogP contribution in [0, 0.1) is 5.92 Å². The van der Waals surface area contributed by atoms with E-state index >= 15 is 0 Å². The van der Waals surface area contributed by atoms with E-state index in [1.165, 1.54) is 5.56 Å². The first-order chi connectivity index (χ1) is 12.5. The maximum absolute atomic E-state index is 5.73. The first-order valence-electron chi connectivity index (χ1n) is 9.38. The Morgan fingerprint density at radius 1 is 1.31 bits per heavy atom. The van der Waals surface area contributed by atoms with Crippen LogP contribution in [0.1, 0.15) is 25.8 Å². The molecule has 1 aromatic carbocycles. The summed E-state index contributed by atoms with van der Waals surface area (Å²) in [6.45, 7) is 9.33. The number of benzene rings is 1. The topological polar surface area (TPSA) is 55.3 Å². The summed E-state index contributed by atoms with van der Waals surface area (Å²) in [7, 11) is 3.62. The number of guanidine groups is 1. The zero-order valence-corrected chi connectivity index (χ0v) is 16.4. The Balaban J connectivity index is 1.62. The number of methoxy groups -OCH3 is 1. The largest absolute Gasteiger partial charge is 0.486 e. The molecule has 0 amide bonds. The van der Waals surface area contributed by atoms with E-state index in [0.717, 1.165) is 50.1 Å². The van der Waals surface area contributed by atoms with Gasteiger partial charge in [-0.15, -0.1) is 0 Å². The Morgan fingerprint density at radius 3 is 2.81 bits per heavy atom. The lowest BCUT2D eigenvalue weighted by atomic mass is 9.84. The fraction of sp³-hybridized carbons (Fsp3) is 0.650. The lowest BCUT2D eigenvalue weighted by molar-refractivity contribution is 0.157. The first-order valence-corrected chi connectivity index (χ1v) is 9.38. The summed E-state index contributed by atoms with van der Waals surface area (Å²) in [5.74, 6) is 3.23. The molecule has 6 nitrogen and oxygen atoms in total. The van der Waals surface area contributed by atoms with Gasteiger partial charge >= 0.3 is 0 Å².